The van der Waals surface area contributed by atoms with Crippen molar-refractivity contribution < 1.29 is 19.1 Å². The van der Waals surface area contributed by atoms with Gasteiger partial charge in [0.25, 0.3) is 0 Å². The summed E-state index contributed by atoms with van der Waals surface area (Å²) in [5, 5.41) is 0. The van der Waals surface area contributed by atoms with Gasteiger partial charge in [-0.2, -0.15) is 0 Å². The highest BCUT2D eigenvalue weighted by atomic mass is 16.5. The molecule has 0 heterocycles. The van der Waals surface area contributed by atoms with E-state index in [1.54, 1.807) is 0 Å². The van der Waals surface area contributed by atoms with Gasteiger partial charge in [0.2, 0.25) is 0 Å². The minimum Gasteiger partial charge on any atom is -0.458 e. The van der Waals surface area contributed by atoms with Crippen LogP contribution in [0.3, 0.4) is 0 Å². The van der Waals surface area contributed by atoms with Crippen molar-refractivity contribution in [3.63, 3.8) is 0 Å². The van der Waals surface area contributed by atoms with Crippen molar-refractivity contribution in [2.75, 3.05) is 6.61 Å². The SMILES string of the molecule is CC.CC(=O)OCC(=O)C1[C@H](C)CC2C3CCC4=CC(=O)CCC4(C)C3=CCC21C. The summed E-state index contributed by atoms with van der Waals surface area (Å²) in [5.41, 5.74) is 2.82. The Kier molecular flexibility index (Phi) is 6.46. The first-order valence-corrected chi connectivity index (χ1v) is 11.8. The van der Waals surface area contributed by atoms with E-state index in [2.05, 4.69) is 26.8 Å². The van der Waals surface area contributed by atoms with E-state index >= 15 is 0 Å². The average Bonchev–Trinajstić information content (AvgIpc) is 2.98. The topological polar surface area (TPSA) is 60.4 Å². The average molecular weight is 415 g/mol. The lowest BCUT2D eigenvalue weighted by atomic mass is 9.51. The Balaban J connectivity index is 0.00000124. The fourth-order valence-electron chi connectivity index (χ4n) is 7.17. The summed E-state index contributed by atoms with van der Waals surface area (Å²) in [6.45, 7) is 12.1. The molecule has 6 atom stereocenters. The zero-order valence-electron chi connectivity index (χ0n) is 19.5. The highest BCUT2D eigenvalue weighted by molar-refractivity contribution is 5.92. The van der Waals surface area contributed by atoms with Gasteiger partial charge in [0.1, 0.15) is 6.61 Å². The lowest BCUT2D eigenvalue weighted by Gasteiger charge is -2.53. The maximum atomic E-state index is 13.0. The molecule has 0 aliphatic heterocycles. The molecule has 5 unspecified atom stereocenters. The molecule has 2 saturated carbocycles. The van der Waals surface area contributed by atoms with Crippen LogP contribution < -0.4 is 0 Å². The van der Waals surface area contributed by atoms with Gasteiger partial charge < -0.3 is 4.74 Å². The molecular weight excluding hydrogens is 376 g/mol. The second-order valence-corrected chi connectivity index (χ2v) is 10.0. The number of hydrogen-bond donors (Lipinski definition) is 0. The summed E-state index contributed by atoms with van der Waals surface area (Å²) >= 11 is 0. The Labute approximate surface area is 181 Å². The molecule has 2 fully saturated rings. The first kappa shape index (κ1) is 23.0. The molecule has 0 bridgehead atoms. The summed E-state index contributed by atoms with van der Waals surface area (Å²) in [4.78, 5) is 36.1. The fraction of sp³-hybridized carbons (Fsp3) is 0.731. The van der Waals surface area contributed by atoms with Gasteiger partial charge >= 0.3 is 5.97 Å². The highest BCUT2D eigenvalue weighted by Crippen LogP contribution is 2.65. The van der Waals surface area contributed by atoms with Crippen molar-refractivity contribution in [3.8, 4) is 0 Å². The van der Waals surface area contributed by atoms with Crippen molar-refractivity contribution in [3.05, 3.63) is 23.3 Å². The molecule has 0 spiro atoms. The summed E-state index contributed by atoms with van der Waals surface area (Å²) < 4.78 is 5.05. The molecule has 166 valence electrons. The molecular formula is C26H38O4. The third-order valence-electron chi connectivity index (χ3n) is 8.44. The van der Waals surface area contributed by atoms with Crippen LogP contribution in [0.25, 0.3) is 0 Å². The largest absolute Gasteiger partial charge is 0.458 e. The molecule has 4 nitrogen and oxygen atoms in total. The van der Waals surface area contributed by atoms with E-state index in [4.69, 9.17) is 4.74 Å². The van der Waals surface area contributed by atoms with Crippen LogP contribution in [0.4, 0.5) is 0 Å². The summed E-state index contributed by atoms with van der Waals surface area (Å²) in [7, 11) is 0. The van der Waals surface area contributed by atoms with Crippen molar-refractivity contribution in [2.24, 2.45) is 34.5 Å². The van der Waals surface area contributed by atoms with Crippen LogP contribution in [0.5, 0.6) is 0 Å². The Morgan fingerprint density at radius 3 is 2.57 bits per heavy atom. The van der Waals surface area contributed by atoms with Gasteiger partial charge in [-0.25, -0.2) is 0 Å². The Bertz CT molecular complexity index is 791. The molecule has 0 saturated heterocycles. The molecule has 0 aromatic rings. The third-order valence-corrected chi connectivity index (χ3v) is 8.44. The van der Waals surface area contributed by atoms with Crippen LogP contribution in [0, 0.1) is 34.5 Å². The van der Waals surface area contributed by atoms with Crippen LogP contribution in [0.1, 0.15) is 80.1 Å². The molecule has 4 aliphatic rings. The van der Waals surface area contributed by atoms with Crippen LogP contribution in [-0.4, -0.2) is 24.1 Å². The quantitative estimate of drug-likeness (QED) is 0.454. The van der Waals surface area contributed by atoms with E-state index < -0.39 is 5.97 Å². The molecule has 0 aromatic heterocycles. The highest BCUT2D eigenvalue weighted by Gasteiger charge is 2.59. The molecule has 0 radical (unpaired) electrons. The molecule has 0 amide bonds. The predicted molar refractivity (Wildman–Crippen MR) is 118 cm³/mol. The fourth-order valence-corrected chi connectivity index (χ4v) is 7.17. The van der Waals surface area contributed by atoms with Gasteiger partial charge in [-0.05, 0) is 61.3 Å². The van der Waals surface area contributed by atoms with Gasteiger partial charge in [0.15, 0.2) is 11.6 Å². The van der Waals surface area contributed by atoms with Crippen molar-refractivity contribution in [1.29, 1.82) is 0 Å². The second-order valence-electron chi connectivity index (χ2n) is 10.0. The maximum Gasteiger partial charge on any atom is 0.303 e. The van der Waals surface area contributed by atoms with E-state index in [0.717, 1.165) is 32.1 Å². The zero-order valence-corrected chi connectivity index (χ0v) is 19.5. The van der Waals surface area contributed by atoms with E-state index in [9.17, 15) is 14.4 Å². The van der Waals surface area contributed by atoms with Crippen molar-refractivity contribution in [1.82, 2.24) is 0 Å². The van der Waals surface area contributed by atoms with E-state index in [1.807, 2.05) is 19.9 Å². The smallest absolute Gasteiger partial charge is 0.303 e. The molecule has 30 heavy (non-hydrogen) atoms. The number of ether oxygens (including phenoxy) is 1. The summed E-state index contributed by atoms with van der Waals surface area (Å²) in [5.74, 6) is 1.22. The molecule has 4 aliphatic carbocycles. The first-order valence-electron chi connectivity index (χ1n) is 11.8. The molecule has 4 rings (SSSR count). The normalized spacial score (nSPS) is 39.3. The number of hydrogen-bond acceptors (Lipinski definition) is 4. The van der Waals surface area contributed by atoms with Gasteiger partial charge in [-0.15, -0.1) is 0 Å². The van der Waals surface area contributed by atoms with E-state index in [0.29, 0.717) is 24.2 Å². The van der Waals surface area contributed by atoms with Gasteiger partial charge in [-0.3, -0.25) is 14.4 Å². The summed E-state index contributed by atoms with van der Waals surface area (Å²) in [6, 6.07) is 0. The molecule has 0 aromatic carbocycles. The van der Waals surface area contributed by atoms with Crippen LogP contribution in [-0.2, 0) is 19.1 Å². The summed E-state index contributed by atoms with van der Waals surface area (Å²) in [6.07, 6.45) is 9.94. The predicted octanol–water partition coefficient (Wildman–Crippen LogP) is 5.46. The minimum absolute atomic E-state index is 0.0290. The van der Waals surface area contributed by atoms with Crippen LogP contribution >= 0.6 is 0 Å². The first-order chi connectivity index (χ1) is 14.2. The number of carbonyl (C=O) groups is 3. The lowest BCUT2D eigenvalue weighted by molar-refractivity contribution is -0.148. The monoisotopic (exact) mass is 414 g/mol. The number of rotatable bonds is 3. The van der Waals surface area contributed by atoms with Crippen molar-refractivity contribution >= 4 is 17.5 Å². The van der Waals surface area contributed by atoms with Crippen LogP contribution in [0.15, 0.2) is 23.3 Å². The van der Waals surface area contributed by atoms with Gasteiger partial charge in [0, 0.05) is 24.7 Å². The van der Waals surface area contributed by atoms with Crippen molar-refractivity contribution in [2.45, 2.75) is 80.1 Å². The number of carbonyl (C=O) groups excluding carboxylic acids is 3. The standard InChI is InChI=1S/C24H32O4.C2H6/c1-14-11-20-18-6-5-16-12-17(26)7-9-23(16,3)19(18)8-10-24(20,4)22(14)21(27)13-28-15(2)25;1-2/h8,12,14,18,20,22H,5-7,9-11,13H2,1-4H3;1-2H3/t14-,18?,20?,22?,23?,24?;/m1./s1. The number of Topliss-reactive ketones (excluding diaryl/α,β-unsaturated/α-hetero) is 1. The Hall–Kier alpha value is -1.71. The van der Waals surface area contributed by atoms with Crippen LogP contribution in [0.2, 0.25) is 0 Å². The number of fused-ring (bicyclic) bond motifs is 5. The number of esters is 1. The van der Waals surface area contributed by atoms with E-state index in [-0.39, 0.29) is 34.9 Å². The molecule has 0 N–H and O–H groups in total. The van der Waals surface area contributed by atoms with Gasteiger partial charge in [-0.1, -0.05) is 51.8 Å². The molecule has 4 heteroatoms. The third kappa shape index (κ3) is 3.61. The Morgan fingerprint density at radius 2 is 1.90 bits per heavy atom. The van der Waals surface area contributed by atoms with E-state index in [1.165, 1.54) is 18.1 Å². The Morgan fingerprint density at radius 1 is 1.20 bits per heavy atom. The zero-order chi connectivity index (χ0) is 22.3. The second kappa shape index (κ2) is 8.43. The van der Waals surface area contributed by atoms with Gasteiger partial charge in [0.05, 0.1) is 0 Å². The maximum absolute atomic E-state index is 13.0. The number of allylic oxidation sites excluding steroid dienone is 4. The lowest BCUT2D eigenvalue weighted by Crippen LogP contribution is -2.46. The minimum atomic E-state index is -0.391. The number of ketones is 2.